The van der Waals surface area contributed by atoms with E-state index in [0.29, 0.717) is 12.2 Å². The minimum absolute atomic E-state index is 0.117. The first kappa shape index (κ1) is 13.5. The predicted molar refractivity (Wildman–Crippen MR) is 64.1 cm³/mol. The number of benzene rings is 1. The van der Waals surface area contributed by atoms with Crippen molar-refractivity contribution in [3.63, 3.8) is 0 Å². The predicted octanol–water partition coefficient (Wildman–Crippen LogP) is 1.71. The topological polar surface area (TPSA) is 66.8 Å². The van der Waals surface area contributed by atoms with Crippen molar-refractivity contribution in [3.8, 4) is 5.75 Å². The summed E-state index contributed by atoms with van der Waals surface area (Å²) in [4.78, 5) is 10.9. The molecular weight excluding hydrogens is 220 g/mol. The molecule has 4 nitrogen and oxygen atoms in total. The Kier molecular flexibility index (Phi) is 4.52. The molecule has 0 aliphatic heterocycles. The summed E-state index contributed by atoms with van der Waals surface area (Å²) >= 11 is 0. The van der Waals surface area contributed by atoms with Gasteiger partial charge in [-0.2, -0.15) is 0 Å². The summed E-state index contributed by atoms with van der Waals surface area (Å²) in [6.45, 7) is 3.48. The van der Waals surface area contributed by atoms with Gasteiger partial charge in [0.05, 0.1) is 5.41 Å². The molecule has 0 saturated heterocycles. The monoisotopic (exact) mass is 238 g/mol. The van der Waals surface area contributed by atoms with E-state index in [1.54, 1.807) is 26.0 Å². The van der Waals surface area contributed by atoms with Gasteiger partial charge in [-0.3, -0.25) is 4.79 Å². The molecule has 0 aliphatic rings. The molecule has 94 valence electrons. The summed E-state index contributed by atoms with van der Waals surface area (Å²) in [5, 5.41) is 17.7. The smallest absolute Gasteiger partial charge is 0.312 e. The normalized spacial score (nSPS) is 11.2. The summed E-state index contributed by atoms with van der Waals surface area (Å²) in [6.07, 6.45) is 0.612. The van der Waals surface area contributed by atoms with Crippen LogP contribution in [-0.2, 0) is 11.2 Å². The first-order chi connectivity index (χ1) is 7.95. The quantitative estimate of drug-likeness (QED) is 0.791. The number of aliphatic hydroxyl groups is 1. The number of rotatable bonds is 6. The van der Waals surface area contributed by atoms with E-state index in [9.17, 15) is 4.79 Å². The lowest BCUT2D eigenvalue weighted by molar-refractivity contribution is -0.148. The minimum Gasteiger partial charge on any atom is -0.492 e. The molecule has 0 fully saturated rings. The van der Waals surface area contributed by atoms with Gasteiger partial charge in [0.15, 0.2) is 0 Å². The molecule has 0 heterocycles. The van der Waals surface area contributed by atoms with Crippen molar-refractivity contribution < 1.29 is 19.7 Å². The molecule has 1 aromatic carbocycles. The van der Waals surface area contributed by atoms with E-state index in [1.165, 1.54) is 0 Å². The van der Waals surface area contributed by atoms with Gasteiger partial charge >= 0.3 is 5.97 Å². The Labute approximate surface area is 101 Å². The number of hydrogen-bond acceptors (Lipinski definition) is 3. The lowest BCUT2D eigenvalue weighted by Gasteiger charge is -2.19. The fourth-order valence-corrected chi connectivity index (χ4v) is 1.21. The van der Waals surface area contributed by atoms with E-state index >= 15 is 0 Å². The lowest BCUT2D eigenvalue weighted by Crippen LogP contribution is -2.30. The fourth-order valence-electron chi connectivity index (χ4n) is 1.21. The Morgan fingerprint density at radius 2 is 1.88 bits per heavy atom. The van der Waals surface area contributed by atoms with Crippen LogP contribution in [0.1, 0.15) is 19.4 Å². The van der Waals surface area contributed by atoms with Crippen LogP contribution in [0.2, 0.25) is 0 Å². The minimum atomic E-state index is -0.899. The Hall–Kier alpha value is -1.55. The third-order valence-electron chi connectivity index (χ3n) is 2.50. The molecule has 0 atom stereocenters. The SMILES string of the molecule is CC(C)(COc1ccc(CCO)cc1)C(=O)O. The molecule has 0 amide bonds. The van der Waals surface area contributed by atoms with Gasteiger partial charge in [0, 0.05) is 6.61 Å². The summed E-state index contributed by atoms with van der Waals surface area (Å²) in [6, 6.07) is 7.28. The van der Waals surface area contributed by atoms with Gasteiger partial charge in [-0.25, -0.2) is 0 Å². The number of carbonyl (C=O) groups is 1. The van der Waals surface area contributed by atoms with Crippen molar-refractivity contribution in [2.45, 2.75) is 20.3 Å². The van der Waals surface area contributed by atoms with Crippen molar-refractivity contribution in [1.82, 2.24) is 0 Å². The Bertz CT molecular complexity index is 368. The van der Waals surface area contributed by atoms with Crippen LogP contribution in [-0.4, -0.2) is 29.4 Å². The largest absolute Gasteiger partial charge is 0.492 e. The number of ether oxygens (including phenoxy) is 1. The molecule has 0 unspecified atom stereocenters. The molecule has 4 heteroatoms. The van der Waals surface area contributed by atoms with Crippen LogP contribution in [0.3, 0.4) is 0 Å². The molecule has 1 aromatic rings. The first-order valence-corrected chi connectivity index (χ1v) is 5.52. The highest BCUT2D eigenvalue weighted by Crippen LogP contribution is 2.19. The van der Waals surface area contributed by atoms with Crippen LogP contribution in [0.25, 0.3) is 0 Å². The highest BCUT2D eigenvalue weighted by atomic mass is 16.5. The van der Waals surface area contributed by atoms with Gasteiger partial charge < -0.3 is 14.9 Å². The first-order valence-electron chi connectivity index (χ1n) is 5.52. The summed E-state index contributed by atoms with van der Waals surface area (Å²) in [5.74, 6) is -0.240. The second-order valence-electron chi connectivity index (χ2n) is 4.60. The summed E-state index contributed by atoms with van der Waals surface area (Å²) < 4.78 is 5.42. The van der Waals surface area contributed by atoms with E-state index in [4.69, 9.17) is 14.9 Å². The fraction of sp³-hybridized carbons (Fsp3) is 0.462. The van der Waals surface area contributed by atoms with Gasteiger partial charge in [-0.05, 0) is 38.0 Å². The van der Waals surface area contributed by atoms with Crippen LogP contribution in [0, 0.1) is 5.41 Å². The zero-order chi connectivity index (χ0) is 12.9. The third-order valence-corrected chi connectivity index (χ3v) is 2.50. The molecule has 1 rings (SSSR count). The standard InChI is InChI=1S/C13H18O4/c1-13(2,12(15)16)9-17-11-5-3-10(4-6-11)7-8-14/h3-6,14H,7-9H2,1-2H3,(H,15,16). The summed E-state index contributed by atoms with van der Waals surface area (Å²) in [7, 11) is 0. The van der Waals surface area contributed by atoms with Crippen LogP contribution < -0.4 is 4.74 Å². The second-order valence-corrected chi connectivity index (χ2v) is 4.60. The van der Waals surface area contributed by atoms with Crippen LogP contribution in [0.15, 0.2) is 24.3 Å². The maximum absolute atomic E-state index is 10.9. The highest BCUT2D eigenvalue weighted by Gasteiger charge is 2.28. The van der Waals surface area contributed by atoms with Gasteiger partial charge in [0.1, 0.15) is 12.4 Å². The van der Waals surface area contributed by atoms with E-state index in [1.807, 2.05) is 12.1 Å². The average molecular weight is 238 g/mol. The molecule has 2 N–H and O–H groups in total. The number of aliphatic carboxylic acids is 1. The van der Waals surface area contributed by atoms with Crippen LogP contribution in [0.5, 0.6) is 5.75 Å². The third kappa shape index (κ3) is 4.07. The van der Waals surface area contributed by atoms with Crippen LogP contribution in [0.4, 0.5) is 0 Å². The molecule has 0 saturated carbocycles. The van der Waals surface area contributed by atoms with Gasteiger partial charge in [0.25, 0.3) is 0 Å². The number of carboxylic acids is 1. The maximum atomic E-state index is 10.9. The molecule has 0 radical (unpaired) electrons. The molecular formula is C13H18O4. The van der Waals surface area contributed by atoms with Crippen LogP contribution >= 0.6 is 0 Å². The molecule has 17 heavy (non-hydrogen) atoms. The Morgan fingerprint density at radius 3 is 2.35 bits per heavy atom. The van der Waals surface area contributed by atoms with Crippen molar-refractivity contribution in [3.05, 3.63) is 29.8 Å². The molecule has 0 aromatic heterocycles. The van der Waals surface area contributed by atoms with E-state index in [0.717, 1.165) is 5.56 Å². The van der Waals surface area contributed by atoms with E-state index in [-0.39, 0.29) is 13.2 Å². The second kappa shape index (κ2) is 5.68. The van der Waals surface area contributed by atoms with Crippen molar-refractivity contribution >= 4 is 5.97 Å². The van der Waals surface area contributed by atoms with Gasteiger partial charge in [-0.15, -0.1) is 0 Å². The Balaban J connectivity index is 2.55. The van der Waals surface area contributed by atoms with Crippen molar-refractivity contribution in [2.75, 3.05) is 13.2 Å². The number of hydrogen-bond donors (Lipinski definition) is 2. The zero-order valence-electron chi connectivity index (χ0n) is 10.1. The highest BCUT2D eigenvalue weighted by molar-refractivity contribution is 5.73. The maximum Gasteiger partial charge on any atom is 0.312 e. The van der Waals surface area contributed by atoms with E-state index < -0.39 is 11.4 Å². The zero-order valence-corrected chi connectivity index (χ0v) is 10.1. The van der Waals surface area contributed by atoms with Gasteiger partial charge in [0.2, 0.25) is 0 Å². The molecule has 0 aliphatic carbocycles. The molecule has 0 bridgehead atoms. The lowest BCUT2D eigenvalue weighted by atomic mass is 9.95. The van der Waals surface area contributed by atoms with Crippen molar-refractivity contribution in [2.24, 2.45) is 5.41 Å². The molecule has 0 spiro atoms. The van der Waals surface area contributed by atoms with Crippen molar-refractivity contribution in [1.29, 1.82) is 0 Å². The van der Waals surface area contributed by atoms with Gasteiger partial charge in [-0.1, -0.05) is 12.1 Å². The number of carboxylic acid groups (broad SMARTS) is 1. The van der Waals surface area contributed by atoms with E-state index in [2.05, 4.69) is 0 Å². The number of aliphatic hydroxyl groups excluding tert-OH is 1. The Morgan fingerprint density at radius 1 is 1.29 bits per heavy atom. The average Bonchev–Trinajstić information content (AvgIpc) is 2.28. The summed E-state index contributed by atoms with van der Waals surface area (Å²) in [5.41, 5.74) is 0.126.